The number of halogens is 1. The molecule has 1 amide bonds. The highest BCUT2D eigenvalue weighted by Crippen LogP contribution is 2.13. The average molecular weight is 246 g/mol. The average Bonchev–Trinajstić information content (AvgIpc) is 2.47. The van der Waals surface area contributed by atoms with Crippen LogP contribution >= 0.6 is 15.9 Å². The molecule has 1 heterocycles. The highest BCUT2D eigenvalue weighted by Gasteiger charge is 2.09. The first kappa shape index (κ1) is 9.98. The molecule has 0 aromatic carbocycles. The lowest BCUT2D eigenvalue weighted by Gasteiger charge is -1.97. The minimum Gasteiger partial charge on any atom is -0.444 e. The molecule has 0 spiro atoms. The van der Waals surface area contributed by atoms with Gasteiger partial charge in [-0.15, -0.1) is 0 Å². The van der Waals surface area contributed by atoms with Crippen molar-refractivity contribution in [1.29, 1.82) is 0 Å². The van der Waals surface area contributed by atoms with E-state index in [1.54, 1.807) is 6.07 Å². The molecule has 4 nitrogen and oxygen atoms in total. The predicted molar refractivity (Wildman–Crippen MR) is 49.4 cm³/mol. The van der Waals surface area contributed by atoms with Gasteiger partial charge in [0.05, 0.1) is 6.54 Å². The van der Waals surface area contributed by atoms with Crippen LogP contribution in [0.15, 0.2) is 21.2 Å². The zero-order chi connectivity index (χ0) is 9.84. The molecule has 5 heteroatoms. The van der Waals surface area contributed by atoms with E-state index in [-0.39, 0.29) is 24.0 Å². The summed E-state index contributed by atoms with van der Waals surface area (Å²) in [5, 5.41) is 2.41. The molecule has 0 saturated heterocycles. The van der Waals surface area contributed by atoms with Crippen LogP contribution in [0.25, 0.3) is 0 Å². The lowest BCUT2D eigenvalue weighted by Crippen LogP contribution is -2.27. The van der Waals surface area contributed by atoms with Gasteiger partial charge in [0.1, 0.15) is 5.78 Å². The van der Waals surface area contributed by atoms with Crippen molar-refractivity contribution in [2.45, 2.75) is 6.92 Å². The number of ketones is 1. The van der Waals surface area contributed by atoms with E-state index in [1.807, 2.05) is 0 Å². The van der Waals surface area contributed by atoms with Crippen molar-refractivity contribution in [3.05, 3.63) is 22.6 Å². The Hall–Kier alpha value is -1.10. The smallest absolute Gasteiger partial charge is 0.287 e. The molecule has 1 aromatic heterocycles. The van der Waals surface area contributed by atoms with Crippen LogP contribution in [0.2, 0.25) is 0 Å². The van der Waals surface area contributed by atoms with Crippen molar-refractivity contribution in [3.8, 4) is 0 Å². The van der Waals surface area contributed by atoms with Crippen LogP contribution in [0.4, 0.5) is 0 Å². The Kier molecular flexibility index (Phi) is 3.25. The predicted octanol–water partition coefficient (Wildman–Crippen LogP) is 1.36. The summed E-state index contributed by atoms with van der Waals surface area (Å²) < 4.78 is 5.46. The summed E-state index contributed by atoms with van der Waals surface area (Å²) in [5.41, 5.74) is 0. The maximum Gasteiger partial charge on any atom is 0.287 e. The number of carbonyl (C=O) groups excluding carboxylic acids is 2. The maximum atomic E-state index is 11.2. The van der Waals surface area contributed by atoms with E-state index in [0.717, 1.165) is 0 Å². The molecule has 0 atom stereocenters. The van der Waals surface area contributed by atoms with Crippen molar-refractivity contribution in [3.63, 3.8) is 0 Å². The third-order valence-corrected chi connectivity index (χ3v) is 1.72. The number of nitrogens with one attached hydrogen (secondary N) is 1. The van der Waals surface area contributed by atoms with E-state index in [4.69, 9.17) is 4.42 Å². The van der Waals surface area contributed by atoms with Gasteiger partial charge in [-0.25, -0.2) is 0 Å². The largest absolute Gasteiger partial charge is 0.444 e. The summed E-state index contributed by atoms with van der Waals surface area (Å²) in [6.45, 7) is 1.43. The second-order valence-corrected chi connectivity index (χ2v) is 3.27. The molecule has 0 aliphatic heterocycles. The van der Waals surface area contributed by atoms with Crippen molar-refractivity contribution in [1.82, 2.24) is 5.32 Å². The summed E-state index contributed by atoms with van der Waals surface area (Å²) in [6, 6.07) is 3.14. The van der Waals surface area contributed by atoms with Gasteiger partial charge in [-0.1, -0.05) is 0 Å². The van der Waals surface area contributed by atoms with Gasteiger partial charge in [0.25, 0.3) is 5.91 Å². The minimum absolute atomic E-state index is 0.0250. The third-order valence-electron chi connectivity index (χ3n) is 1.29. The van der Waals surface area contributed by atoms with E-state index >= 15 is 0 Å². The molecule has 13 heavy (non-hydrogen) atoms. The molecule has 0 bridgehead atoms. The Bertz CT molecular complexity index is 332. The lowest BCUT2D eigenvalue weighted by atomic mass is 10.4. The topological polar surface area (TPSA) is 59.3 Å². The molecule has 0 unspecified atom stereocenters. The highest BCUT2D eigenvalue weighted by molar-refractivity contribution is 9.10. The summed E-state index contributed by atoms with van der Waals surface area (Å²) in [4.78, 5) is 21.7. The van der Waals surface area contributed by atoms with Gasteiger partial charge in [-0.05, 0) is 35.0 Å². The van der Waals surface area contributed by atoms with E-state index < -0.39 is 0 Å². The standard InChI is InChI=1S/C8H8BrNO3/c1-5(11)4-10-8(12)6-2-3-7(9)13-6/h2-3H,4H2,1H3,(H,10,12). The molecule has 0 aliphatic carbocycles. The molecule has 1 N–H and O–H groups in total. The Labute approximate surface area is 83.4 Å². The van der Waals surface area contributed by atoms with Gasteiger partial charge in [0.15, 0.2) is 10.4 Å². The summed E-state index contributed by atoms with van der Waals surface area (Å²) in [5.74, 6) is -0.298. The Morgan fingerprint density at radius 3 is 2.69 bits per heavy atom. The van der Waals surface area contributed by atoms with Crippen molar-refractivity contribution in [2.24, 2.45) is 0 Å². The molecular formula is C8H8BrNO3. The van der Waals surface area contributed by atoms with Crippen molar-refractivity contribution in [2.75, 3.05) is 6.54 Å². The number of hydrogen-bond acceptors (Lipinski definition) is 3. The van der Waals surface area contributed by atoms with Crippen molar-refractivity contribution >= 4 is 27.6 Å². The normalized spacial score (nSPS) is 9.69. The number of rotatable bonds is 3. The zero-order valence-corrected chi connectivity index (χ0v) is 8.55. The van der Waals surface area contributed by atoms with E-state index in [0.29, 0.717) is 4.67 Å². The molecule has 1 rings (SSSR count). The number of furan rings is 1. The van der Waals surface area contributed by atoms with Crippen LogP contribution in [-0.2, 0) is 4.79 Å². The second-order valence-electron chi connectivity index (χ2n) is 2.49. The molecule has 0 fully saturated rings. The Morgan fingerprint density at radius 2 is 2.23 bits per heavy atom. The van der Waals surface area contributed by atoms with Crippen LogP contribution in [0, 0.1) is 0 Å². The molecule has 70 valence electrons. The van der Waals surface area contributed by atoms with Crippen molar-refractivity contribution < 1.29 is 14.0 Å². The molecule has 0 aliphatic rings. The van der Waals surface area contributed by atoms with Crippen LogP contribution in [0.5, 0.6) is 0 Å². The van der Waals surface area contributed by atoms with Gasteiger partial charge in [-0.2, -0.15) is 0 Å². The Morgan fingerprint density at radius 1 is 1.54 bits per heavy atom. The fraction of sp³-hybridized carbons (Fsp3) is 0.250. The van der Waals surface area contributed by atoms with Crippen LogP contribution < -0.4 is 5.32 Å². The third kappa shape index (κ3) is 3.02. The SMILES string of the molecule is CC(=O)CNC(=O)c1ccc(Br)o1. The molecule has 1 aromatic rings. The molecular weight excluding hydrogens is 238 g/mol. The van der Waals surface area contributed by atoms with Gasteiger partial charge >= 0.3 is 0 Å². The molecule has 0 saturated carbocycles. The maximum absolute atomic E-state index is 11.2. The zero-order valence-electron chi connectivity index (χ0n) is 6.96. The number of carbonyl (C=O) groups is 2. The van der Waals surface area contributed by atoms with Crippen LogP contribution in [0.3, 0.4) is 0 Å². The fourth-order valence-electron chi connectivity index (χ4n) is 0.728. The monoisotopic (exact) mass is 245 g/mol. The molecule has 0 radical (unpaired) electrons. The number of hydrogen-bond donors (Lipinski definition) is 1. The van der Waals surface area contributed by atoms with E-state index in [2.05, 4.69) is 21.2 Å². The van der Waals surface area contributed by atoms with Crippen LogP contribution in [-0.4, -0.2) is 18.2 Å². The number of amides is 1. The Balaban J connectivity index is 2.54. The van der Waals surface area contributed by atoms with E-state index in [1.165, 1.54) is 13.0 Å². The minimum atomic E-state index is -0.388. The van der Waals surface area contributed by atoms with Gasteiger partial charge < -0.3 is 9.73 Å². The van der Waals surface area contributed by atoms with Gasteiger partial charge in [0, 0.05) is 0 Å². The first-order valence-electron chi connectivity index (χ1n) is 3.62. The van der Waals surface area contributed by atoms with E-state index in [9.17, 15) is 9.59 Å². The fourth-order valence-corrected chi connectivity index (χ4v) is 1.03. The first-order valence-corrected chi connectivity index (χ1v) is 4.42. The van der Waals surface area contributed by atoms with Gasteiger partial charge in [-0.3, -0.25) is 9.59 Å². The quantitative estimate of drug-likeness (QED) is 0.875. The summed E-state index contributed by atoms with van der Waals surface area (Å²) >= 11 is 3.07. The first-order chi connectivity index (χ1) is 6.09. The second kappa shape index (κ2) is 4.23. The number of Topliss-reactive ketones (excluding diaryl/α,β-unsaturated/α-hetero) is 1. The summed E-state index contributed by atoms with van der Waals surface area (Å²) in [6.07, 6.45) is 0. The highest BCUT2D eigenvalue weighted by atomic mass is 79.9. The summed E-state index contributed by atoms with van der Waals surface area (Å²) in [7, 11) is 0. The lowest BCUT2D eigenvalue weighted by molar-refractivity contribution is -0.116. The van der Waals surface area contributed by atoms with Crippen LogP contribution in [0.1, 0.15) is 17.5 Å². The van der Waals surface area contributed by atoms with Gasteiger partial charge in [0.2, 0.25) is 0 Å².